The van der Waals surface area contributed by atoms with E-state index in [9.17, 15) is 0 Å². The van der Waals surface area contributed by atoms with E-state index >= 15 is 0 Å². The van der Waals surface area contributed by atoms with Gasteiger partial charge in [-0.1, -0.05) is 6.07 Å². The Morgan fingerprint density at radius 2 is 2.00 bits per heavy atom. The predicted molar refractivity (Wildman–Crippen MR) is 67.8 cm³/mol. The van der Waals surface area contributed by atoms with Crippen LogP contribution in [0.2, 0.25) is 0 Å². The zero-order valence-electron chi connectivity index (χ0n) is 10.5. The number of ether oxygens (including phenoxy) is 2. The third-order valence-corrected chi connectivity index (χ3v) is 2.58. The van der Waals surface area contributed by atoms with Gasteiger partial charge in [0, 0.05) is 12.7 Å². The van der Waals surface area contributed by atoms with E-state index in [0.717, 1.165) is 43.0 Å². The van der Waals surface area contributed by atoms with E-state index in [0.29, 0.717) is 0 Å². The predicted octanol–water partition coefficient (Wildman–Crippen LogP) is 1.22. The molecule has 4 nitrogen and oxygen atoms in total. The van der Waals surface area contributed by atoms with Crippen molar-refractivity contribution in [1.82, 2.24) is 5.32 Å². The number of aliphatic hydroxyl groups excluding tert-OH is 1. The molecule has 0 aliphatic heterocycles. The second-order valence-corrected chi connectivity index (χ2v) is 3.75. The summed E-state index contributed by atoms with van der Waals surface area (Å²) in [7, 11) is 3.31. The third-order valence-electron chi connectivity index (χ3n) is 2.58. The van der Waals surface area contributed by atoms with Crippen molar-refractivity contribution < 1.29 is 14.6 Å². The lowest BCUT2D eigenvalue weighted by molar-refractivity contribution is 0.286. The molecule has 0 radical (unpaired) electrons. The van der Waals surface area contributed by atoms with Crippen LogP contribution in [0.25, 0.3) is 0 Å². The van der Waals surface area contributed by atoms with Gasteiger partial charge in [0.2, 0.25) is 0 Å². The Morgan fingerprint density at radius 3 is 2.65 bits per heavy atom. The van der Waals surface area contributed by atoms with Crippen LogP contribution in [0.3, 0.4) is 0 Å². The van der Waals surface area contributed by atoms with Crippen LogP contribution < -0.4 is 14.8 Å². The molecule has 0 spiro atoms. The molecule has 2 N–H and O–H groups in total. The summed E-state index contributed by atoms with van der Waals surface area (Å²) in [5.41, 5.74) is 1.16. The number of benzene rings is 1. The van der Waals surface area contributed by atoms with Crippen molar-refractivity contribution in [1.29, 1.82) is 0 Å². The van der Waals surface area contributed by atoms with E-state index in [1.165, 1.54) is 0 Å². The largest absolute Gasteiger partial charge is 0.497 e. The standard InChI is InChI=1S/C13H21NO3/c1-16-12-5-4-11(13(10-12)17-2)6-8-14-7-3-9-15/h4-5,10,14-15H,3,6-9H2,1-2H3. The van der Waals surface area contributed by atoms with E-state index in [1.54, 1.807) is 14.2 Å². The SMILES string of the molecule is COc1ccc(CCNCCCO)c(OC)c1. The molecule has 0 heterocycles. The lowest BCUT2D eigenvalue weighted by atomic mass is 10.1. The molecular weight excluding hydrogens is 218 g/mol. The van der Waals surface area contributed by atoms with Crippen LogP contribution in [-0.2, 0) is 6.42 Å². The average Bonchev–Trinajstić information content (AvgIpc) is 2.38. The normalized spacial score (nSPS) is 10.3. The zero-order valence-corrected chi connectivity index (χ0v) is 10.5. The highest BCUT2D eigenvalue weighted by Gasteiger charge is 2.04. The fourth-order valence-electron chi connectivity index (χ4n) is 1.61. The van der Waals surface area contributed by atoms with Crippen LogP contribution in [-0.4, -0.2) is 39.0 Å². The van der Waals surface area contributed by atoms with Crippen molar-refractivity contribution in [2.24, 2.45) is 0 Å². The molecule has 17 heavy (non-hydrogen) atoms. The highest BCUT2D eigenvalue weighted by Crippen LogP contribution is 2.24. The van der Waals surface area contributed by atoms with Gasteiger partial charge in [0.05, 0.1) is 14.2 Å². The van der Waals surface area contributed by atoms with E-state index in [-0.39, 0.29) is 6.61 Å². The quantitative estimate of drug-likeness (QED) is 0.670. The van der Waals surface area contributed by atoms with Gasteiger partial charge in [-0.2, -0.15) is 0 Å². The van der Waals surface area contributed by atoms with Gasteiger partial charge < -0.3 is 19.9 Å². The molecule has 0 aromatic heterocycles. The Morgan fingerprint density at radius 1 is 1.18 bits per heavy atom. The molecule has 0 amide bonds. The molecule has 1 rings (SSSR count). The Balaban J connectivity index is 2.46. The van der Waals surface area contributed by atoms with E-state index < -0.39 is 0 Å². The van der Waals surface area contributed by atoms with Gasteiger partial charge in [-0.15, -0.1) is 0 Å². The Kier molecular flexibility index (Phi) is 6.43. The monoisotopic (exact) mass is 239 g/mol. The van der Waals surface area contributed by atoms with Crippen molar-refractivity contribution in [2.75, 3.05) is 33.9 Å². The van der Waals surface area contributed by atoms with Crippen LogP contribution in [0.4, 0.5) is 0 Å². The molecule has 0 fully saturated rings. The summed E-state index contributed by atoms with van der Waals surface area (Å²) in [5, 5.41) is 11.9. The summed E-state index contributed by atoms with van der Waals surface area (Å²) in [5.74, 6) is 1.66. The van der Waals surface area contributed by atoms with Gasteiger partial charge in [-0.25, -0.2) is 0 Å². The minimum atomic E-state index is 0.235. The summed E-state index contributed by atoms with van der Waals surface area (Å²) in [6.45, 7) is 1.95. The first kappa shape index (κ1) is 13.8. The lowest BCUT2D eigenvalue weighted by Crippen LogP contribution is -2.19. The molecule has 0 aliphatic rings. The minimum absolute atomic E-state index is 0.235. The second kappa shape index (κ2) is 7.92. The zero-order chi connectivity index (χ0) is 12.5. The summed E-state index contributed by atoms with van der Waals surface area (Å²) in [6, 6.07) is 5.85. The first-order valence-corrected chi connectivity index (χ1v) is 5.84. The van der Waals surface area contributed by atoms with Crippen LogP contribution in [0, 0.1) is 0 Å². The minimum Gasteiger partial charge on any atom is -0.497 e. The van der Waals surface area contributed by atoms with Crippen molar-refractivity contribution >= 4 is 0 Å². The highest BCUT2D eigenvalue weighted by atomic mass is 16.5. The number of methoxy groups -OCH3 is 2. The van der Waals surface area contributed by atoms with Crippen molar-refractivity contribution in [2.45, 2.75) is 12.8 Å². The fraction of sp³-hybridized carbons (Fsp3) is 0.538. The number of rotatable bonds is 8. The van der Waals surface area contributed by atoms with Crippen LogP contribution in [0.1, 0.15) is 12.0 Å². The maximum Gasteiger partial charge on any atom is 0.125 e. The molecule has 1 aromatic carbocycles. The number of hydrogen-bond acceptors (Lipinski definition) is 4. The molecule has 4 heteroatoms. The van der Waals surface area contributed by atoms with Crippen LogP contribution >= 0.6 is 0 Å². The maximum absolute atomic E-state index is 8.65. The molecule has 0 saturated heterocycles. The Labute approximate surface area is 103 Å². The highest BCUT2D eigenvalue weighted by molar-refractivity contribution is 5.40. The van der Waals surface area contributed by atoms with Crippen molar-refractivity contribution in [3.8, 4) is 11.5 Å². The van der Waals surface area contributed by atoms with Gasteiger partial charge >= 0.3 is 0 Å². The van der Waals surface area contributed by atoms with Crippen molar-refractivity contribution in [3.63, 3.8) is 0 Å². The fourth-order valence-corrected chi connectivity index (χ4v) is 1.61. The smallest absolute Gasteiger partial charge is 0.125 e. The topological polar surface area (TPSA) is 50.7 Å². The summed E-state index contributed by atoms with van der Waals surface area (Å²) in [6.07, 6.45) is 1.69. The van der Waals surface area contributed by atoms with Gasteiger partial charge in [0.25, 0.3) is 0 Å². The van der Waals surface area contributed by atoms with Gasteiger partial charge in [0.15, 0.2) is 0 Å². The molecule has 0 saturated carbocycles. The summed E-state index contributed by atoms with van der Waals surface area (Å²) in [4.78, 5) is 0. The molecule has 1 aromatic rings. The third kappa shape index (κ3) is 4.63. The number of hydrogen-bond donors (Lipinski definition) is 2. The lowest BCUT2D eigenvalue weighted by Gasteiger charge is -2.10. The van der Waals surface area contributed by atoms with Crippen LogP contribution in [0.5, 0.6) is 11.5 Å². The first-order valence-electron chi connectivity index (χ1n) is 5.84. The van der Waals surface area contributed by atoms with E-state index in [4.69, 9.17) is 14.6 Å². The van der Waals surface area contributed by atoms with E-state index in [1.807, 2.05) is 18.2 Å². The molecule has 96 valence electrons. The second-order valence-electron chi connectivity index (χ2n) is 3.75. The van der Waals surface area contributed by atoms with Crippen LogP contribution in [0.15, 0.2) is 18.2 Å². The van der Waals surface area contributed by atoms with Gasteiger partial charge in [-0.3, -0.25) is 0 Å². The Bertz CT molecular complexity index is 328. The Hall–Kier alpha value is -1.26. The number of nitrogens with one attached hydrogen (secondary N) is 1. The summed E-state index contributed by atoms with van der Waals surface area (Å²) >= 11 is 0. The van der Waals surface area contributed by atoms with Gasteiger partial charge in [0.1, 0.15) is 11.5 Å². The molecular formula is C13H21NO3. The first-order chi connectivity index (χ1) is 8.31. The molecule has 0 atom stereocenters. The van der Waals surface area contributed by atoms with Gasteiger partial charge in [-0.05, 0) is 37.6 Å². The molecule has 0 aliphatic carbocycles. The number of aliphatic hydroxyl groups is 1. The average molecular weight is 239 g/mol. The summed E-state index contributed by atoms with van der Waals surface area (Å²) < 4.78 is 10.5. The molecule has 0 bridgehead atoms. The van der Waals surface area contributed by atoms with Crippen molar-refractivity contribution in [3.05, 3.63) is 23.8 Å². The van der Waals surface area contributed by atoms with E-state index in [2.05, 4.69) is 5.32 Å². The maximum atomic E-state index is 8.65. The molecule has 0 unspecified atom stereocenters.